The van der Waals surface area contributed by atoms with Gasteiger partial charge in [0, 0.05) is 17.9 Å². The van der Waals surface area contributed by atoms with Crippen molar-refractivity contribution in [3.63, 3.8) is 0 Å². The highest BCUT2D eigenvalue weighted by Gasteiger charge is 2.03. The third-order valence-corrected chi connectivity index (χ3v) is 3.01. The standard InChI is InChI=1S/C14H17N/c1-11-6-4-5-7-14(11)10-15-12(2)8-9-13(15)3/h4-9H,10H2,1-3H3. The minimum absolute atomic E-state index is 0.983. The molecular weight excluding hydrogens is 182 g/mol. The van der Waals surface area contributed by atoms with Crippen molar-refractivity contribution in [3.05, 3.63) is 58.9 Å². The average molecular weight is 199 g/mol. The van der Waals surface area contributed by atoms with E-state index in [-0.39, 0.29) is 0 Å². The van der Waals surface area contributed by atoms with E-state index in [9.17, 15) is 0 Å². The lowest BCUT2D eigenvalue weighted by Gasteiger charge is -2.11. The van der Waals surface area contributed by atoms with Gasteiger partial charge in [-0.1, -0.05) is 24.3 Å². The first-order chi connectivity index (χ1) is 7.18. The third kappa shape index (κ3) is 1.96. The molecule has 0 unspecified atom stereocenters. The van der Waals surface area contributed by atoms with Crippen molar-refractivity contribution < 1.29 is 0 Å². The molecule has 0 saturated heterocycles. The zero-order valence-corrected chi connectivity index (χ0v) is 9.62. The molecule has 0 saturated carbocycles. The van der Waals surface area contributed by atoms with Crippen molar-refractivity contribution in [2.45, 2.75) is 27.3 Å². The molecule has 1 aromatic carbocycles. The van der Waals surface area contributed by atoms with E-state index >= 15 is 0 Å². The molecule has 0 fully saturated rings. The molecule has 1 heterocycles. The molecular formula is C14H17N. The number of nitrogens with zero attached hydrogens (tertiary/aromatic N) is 1. The SMILES string of the molecule is Cc1ccccc1Cn1c(C)ccc1C. The van der Waals surface area contributed by atoms with E-state index in [1.54, 1.807) is 0 Å². The summed E-state index contributed by atoms with van der Waals surface area (Å²) in [5.74, 6) is 0. The van der Waals surface area contributed by atoms with Crippen molar-refractivity contribution in [1.29, 1.82) is 0 Å². The monoisotopic (exact) mass is 199 g/mol. The molecule has 0 atom stereocenters. The molecule has 0 aliphatic rings. The molecule has 0 aliphatic heterocycles. The molecule has 1 nitrogen and oxygen atoms in total. The quantitative estimate of drug-likeness (QED) is 0.698. The Morgan fingerprint density at radius 3 is 2.07 bits per heavy atom. The van der Waals surface area contributed by atoms with Crippen LogP contribution in [0.15, 0.2) is 36.4 Å². The summed E-state index contributed by atoms with van der Waals surface area (Å²) in [7, 11) is 0. The Kier molecular flexibility index (Phi) is 2.63. The second kappa shape index (κ2) is 3.93. The largest absolute Gasteiger partial charge is 0.345 e. The average Bonchev–Trinajstić information content (AvgIpc) is 2.53. The van der Waals surface area contributed by atoms with E-state index < -0.39 is 0 Å². The van der Waals surface area contributed by atoms with E-state index in [1.165, 1.54) is 22.5 Å². The number of rotatable bonds is 2. The van der Waals surface area contributed by atoms with Crippen LogP contribution in [0.3, 0.4) is 0 Å². The van der Waals surface area contributed by atoms with Crippen LogP contribution in [0.25, 0.3) is 0 Å². The first-order valence-electron chi connectivity index (χ1n) is 5.36. The van der Waals surface area contributed by atoms with Gasteiger partial charge in [0.2, 0.25) is 0 Å². The summed E-state index contributed by atoms with van der Waals surface area (Å²) in [6, 6.07) is 12.9. The summed E-state index contributed by atoms with van der Waals surface area (Å²) in [4.78, 5) is 0. The van der Waals surface area contributed by atoms with E-state index in [4.69, 9.17) is 0 Å². The number of aromatic nitrogens is 1. The van der Waals surface area contributed by atoms with Gasteiger partial charge in [-0.05, 0) is 44.0 Å². The van der Waals surface area contributed by atoms with Crippen LogP contribution >= 0.6 is 0 Å². The van der Waals surface area contributed by atoms with Gasteiger partial charge in [0.1, 0.15) is 0 Å². The van der Waals surface area contributed by atoms with Crippen LogP contribution in [0.4, 0.5) is 0 Å². The second-order valence-corrected chi connectivity index (χ2v) is 4.13. The predicted octanol–water partition coefficient (Wildman–Crippen LogP) is 3.46. The van der Waals surface area contributed by atoms with Crippen molar-refractivity contribution in [2.75, 3.05) is 0 Å². The van der Waals surface area contributed by atoms with Crippen molar-refractivity contribution in [2.24, 2.45) is 0 Å². The maximum atomic E-state index is 2.35. The predicted molar refractivity (Wildman–Crippen MR) is 64.2 cm³/mol. The zero-order valence-electron chi connectivity index (χ0n) is 9.62. The minimum Gasteiger partial charge on any atom is -0.345 e. The van der Waals surface area contributed by atoms with Gasteiger partial charge in [-0.25, -0.2) is 0 Å². The molecule has 2 aromatic rings. The molecule has 78 valence electrons. The third-order valence-electron chi connectivity index (χ3n) is 3.01. The van der Waals surface area contributed by atoms with E-state index in [0.29, 0.717) is 0 Å². The van der Waals surface area contributed by atoms with Crippen LogP contribution in [-0.4, -0.2) is 4.57 Å². The first-order valence-corrected chi connectivity index (χ1v) is 5.36. The number of benzene rings is 1. The Bertz CT molecular complexity index is 446. The summed E-state index contributed by atoms with van der Waals surface area (Å²) in [5, 5.41) is 0. The molecule has 1 aromatic heterocycles. The molecule has 0 radical (unpaired) electrons. The van der Waals surface area contributed by atoms with Gasteiger partial charge >= 0.3 is 0 Å². The number of hydrogen-bond acceptors (Lipinski definition) is 0. The zero-order chi connectivity index (χ0) is 10.8. The lowest BCUT2D eigenvalue weighted by molar-refractivity contribution is 0.746. The van der Waals surface area contributed by atoms with E-state index in [0.717, 1.165) is 6.54 Å². The maximum Gasteiger partial charge on any atom is 0.0477 e. The molecule has 0 aliphatic carbocycles. The van der Waals surface area contributed by atoms with Gasteiger partial charge in [0.05, 0.1) is 0 Å². The van der Waals surface area contributed by atoms with Gasteiger partial charge in [-0.2, -0.15) is 0 Å². The summed E-state index contributed by atoms with van der Waals surface area (Å²) in [6.45, 7) is 7.47. The molecule has 15 heavy (non-hydrogen) atoms. The minimum atomic E-state index is 0.983. The Balaban J connectivity index is 2.34. The summed E-state index contributed by atoms with van der Waals surface area (Å²) < 4.78 is 2.35. The molecule has 0 amide bonds. The van der Waals surface area contributed by atoms with E-state index in [1.807, 2.05) is 0 Å². The van der Waals surface area contributed by atoms with Gasteiger partial charge < -0.3 is 4.57 Å². The van der Waals surface area contributed by atoms with Crippen LogP contribution in [0.5, 0.6) is 0 Å². The Morgan fingerprint density at radius 2 is 1.47 bits per heavy atom. The number of hydrogen-bond donors (Lipinski definition) is 0. The van der Waals surface area contributed by atoms with Crippen LogP contribution in [0.2, 0.25) is 0 Å². The van der Waals surface area contributed by atoms with Crippen molar-refractivity contribution in [1.82, 2.24) is 4.57 Å². The highest BCUT2D eigenvalue weighted by molar-refractivity contribution is 5.27. The van der Waals surface area contributed by atoms with Crippen molar-refractivity contribution in [3.8, 4) is 0 Å². The van der Waals surface area contributed by atoms with Crippen LogP contribution < -0.4 is 0 Å². The van der Waals surface area contributed by atoms with Crippen LogP contribution in [0, 0.1) is 20.8 Å². The smallest absolute Gasteiger partial charge is 0.0477 e. The Hall–Kier alpha value is -1.50. The van der Waals surface area contributed by atoms with Gasteiger partial charge in [0.15, 0.2) is 0 Å². The van der Waals surface area contributed by atoms with Gasteiger partial charge in [0.25, 0.3) is 0 Å². The Labute approximate surface area is 91.4 Å². The first kappa shape index (κ1) is 10.0. The van der Waals surface area contributed by atoms with Gasteiger partial charge in [-0.3, -0.25) is 0 Å². The highest BCUT2D eigenvalue weighted by atomic mass is 15.0. The maximum absolute atomic E-state index is 2.35. The normalized spacial score (nSPS) is 10.6. The highest BCUT2D eigenvalue weighted by Crippen LogP contribution is 2.13. The van der Waals surface area contributed by atoms with Crippen LogP contribution in [-0.2, 0) is 6.54 Å². The Morgan fingerprint density at radius 1 is 0.867 bits per heavy atom. The lowest BCUT2D eigenvalue weighted by atomic mass is 10.1. The van der Waals surface area contributed by atoms with Crippen LogP contribution in [0.1, 0.15) is 22.5 Å². The fraction of sp³-hybridized carbons (Fsp3) is 0.286. The number of aryl methyl sites for hydroxylation is 3. The molecule has 0 bridgehead atoms. The van der Waals surface area contributed by atoms with E-state index in [2.05, 4.69) is 61.7 Å². The van der Waals surface area contributed by atoms with Gasteiger partial charge in [-0.15, -0.1) is 0 Å². The van der Waals surface area contributed by atoms with Crippen molar-refractivity contribution >= 4 is 0 Å². The summed E-state index contributed by atoms with van der Waals surface area (Å²) >= 11 is 0. The second-order valence-electron chi connectivity index (χ2n) is 4.13. The molecule has 2 rings (SSSR count). The molecule has 0 spiro atoms. The molecule has 0 N–H and O–H groups in total. The summed E-state index contributed by atoms with van der Waals surface area (Å²) in [5.41, 5.74) is 5.43. The fourth-order valence-corrected chi connectivity index (χ4v) is 1.91. The topological polar surface area (TPSA) is 4.93 Å². The fourth-order valence-electron chi connectivity index (χ4n) is 1.91. The lowest BCUT2D eigenvalue weighted by Crippen LogP contribution is -2.04. The summed E-state index contributed by atoms with van der Waals surface area (Å²) in [6.07, 6.45) is 0. The molecule has 1 heteroatoms.